The van der Waals surface area contributed by atoms with E-state index in [2.05, 4.69) is 55.4 Å². The van der Waals surface area contributed by atoms with Crippen LogP contribution in [0.4, 0.5) is 0 Å². The topological polar surface area (TPSA) is 38.7 Å². The molecule has 1 N–H and O–H groups in total. The van der Waals surface area contributed by atoms with E-state index < -0.39 is 5.60 Å². The SMILES string of the molecule is CCCCOC(C)(C)CC1CC(CCCC(C)CCCC(C)C)CCC1CC(C)(C)OCCC(C)(C)O. The second-order valence-electron chi connectivity index (χ2n) is 15.1. The van der Waals surface area contributed by atoms with Gasteiger partial charge in [0.05, 0.1) is 23.4 Å². The Kier molecular flexibility index (Phi) is 15.9. The summed E-state index contributed by atoms with van der Waals surface area (Å²) in [5, 5.41) is 10.1. The van der Waals surface area contributed by atoms with Gasteiger partial charge in [0.15, 0.2) is 0 Å². The average Bonchev–Trinajstić information content (AvgIpc) is 2.74. The van der Waals surface area contributed by atoms with Crippen LogP contribution in [0.5, 0.6) is 0 Å². The van der Waals surface area contributed by atoms with Gasteiger partial charge in [0, 0.05) is 6.61 Å². The van der Waals surface area contributed by atoms with Crippen molar-refractivity contribution in [3.8, 4) is 0 Å². The predicted octanol–water partition coefficient (Wildman–Crippen LogP) is 9.98. The van der Waals surface area contributed by atoms with Gasteiger partial charge in [-0.1, -0.05) is 79.1 Å². The number of rotatable bonds is 20. The molecule has 0 spiro atoms. The Bertz CT molecular complexity index is 574. The summed E-state index contributed by atoms with van der Waals surface area (Å²) in [4.78, 5) is 0. The van der Waals surface area contributed by atoms with Gasteiger partial charge in [0.1, 0.15) is 0 Å². The lowest BCUT2D eigenvalue weighted by Gasteiger charge is -2.43. The van der Waals surface area contributed by atoms with Crippen LogP contribution in [0, 0.1) is 29.6 Å². The van der Waals surface area contributed by atoms with E-state index in [1.165, 1.54) is 64.2 Å². The molecule has 1 saturated carbocycles. The molecule has 1 aliphatic carbocycles. The average molecular weight is 525 g/mol. The smallest absolute Gasteiger partial charge is 0.0629 e. The third-order valence-electron chi connectivity index (χ3n) is 8.74. The fourth-order valence-corrected chi connectivity index (χ4v) is 6.43. The normalized spacial score (nSPS) is 22.5. The lowest BCUT2D eigenvalue weighted by molar-refractivity contribution is -0.0793. The fraction of sp³-hybridized carbons (Fsp3) is 1.00. The standard InChI is InChI=1S/C34H68O3/c1-11-12-22-36-34(9,10)26-31-24-29(18-14-17-28(4)16-13-15-27(2)3)19-20-30(31)25-33(7,8)37-23-21-32(5,6)35/h27-31,35H,11-26H2,1-10H3. The molecule has 222 valence electrons. The maximum Gasteiger partial charge on any atom is 0.0629 e. The molecule has 3 heteroatoms. The van der Waals surface area contributed by atoms with Gasteiger partial charge < -0.3 is 14.6 Å². The van der Waals surface area contributed by atoms with Crippen LogP contribution in [0.15, 0.2) is 0 Å². The number of hydrogen-bond acceptors (Lipinski definition) is 3. The molecule has 0 saturated heterocycles. The van der Waals surface area contributed by atoms with E-state index in [1.807, 2.05) is 13.8 Å². The molecule has 0 aromatic heterocycles. The maximum atomic E-state index is 10.1. The van der Waals surface area contributed by atoms with Gasteiger partial charge in [0.25, 0.3) is 0 Å². The number of ether oxygens (including phenoxy) is 2. The summed E-state index contributed by atoms with van der Waals surface area (Å²) in [6.45, 7) is 23.8. The highest BCUT2D eigenvalue weighted by atomic mass is 16.5. The zero-order valence-electron chi connectivity index (χ0n) is 27.0. The first-order chi connectivity index (χ1) is 17.1. The van der Waals surface area contributed by atoms with Gasteiger partial charge in [0.2, 0.25) is 0 Å². The van der Waals surface area contributed by atoms with Crippen molar-refractivity contribution in [1.82, 2.24) is 0 Å². The Morgan fingerprint density at radius 3 is 1.95 bits per heavy atom. The van der Waals surface area contributed by atoms with Crippen LogP contribution in [-0.4, -0.2) is 35.1 Å². The highest BCUT2D eigenvalue weighted by molar-refractivity contribution is 4.88. The molecule has 3 nitrogen and oxygen atoms in total. The molecule has 0 aromatic rings. The van der Waals surface area contributed by atoms with Gasteiger partial charge in [-0.05, 0) is 110 Å². The molecule has 1 fully saturated rings. The van der Waals surface area contributed by atoms with Crippen molar-refractivity contribution in [2.24, 2.45) is 29.6 Å². The van der Waals surface area contributed by atoms with Crippen LogP contribution >= 0.6 is 0 Å². The molecule has 4 atom stereocenters. The summed E-state index contributed by atoms with van der Waals surface area (Å²) in [6.07, 6.45) is 17.7. The zero-order valence-corrected chi connectivity index (χ0v) is 27.0. The summed E-state index contributed by atoms with van der Waals surface area (Å²) >= 11 is 0. The first-order valence-corrected chi connectivity index (χ1v) is 16.1. The number of unbranched alkanes of at least 4 members (excludes halogenated alkanes) is 1. The molecule has 0 amide bonds. The lowest BCUT2D eigenvalue weighted by Crippen LogP contribution is -2.38. The van der Waals surface area contributed by atoms with Crippen molar-refractivity contribution in [3.05, 3.63) is 0 Å². The van der Waals surface area contributed by atoms with Crippen molar-refractivity contribution >= 4 is 0 Å². The summed E-state index contributed by atoms with van der Waals surface area (Å²) < 4.78 is 12.7. The predicted molar refractivity (Wildman–Crippen MR) is 161 cm³/mol. The molecular formula is C34H68O3. The van der Waals surface area contributed by atoms with Crippen LogP contribution in [0.1, 0.15) is 159 Å². The minimum absolute atomic E-state index is 0.0587. The molecule has 1 rings (SSSR count). The van der Waals surface area contributed by atoms with Crippen LogP contribution in [0.2, 0.25) is 0 Å². The van der Waals surface area contributed by atoms with Crippen molar-refractivity contribution in [2.45, 2.75) is 176 Å². The molecule has 4 unspecified atom stereocenters. The van der Waals surface area contributed by atoms with Gasteiger partial charge >= 0.3 is 0 Å². The number of aliphatic hydroxyl groups is 1. The Labute approximate surface area is 233 Å². The van der Waals surface area contributed by atoms with E-state index in [0.717, 1.165) is 43.6 Å². The Morgan fingerprint density at radius 2 is 1.35 bits per heavy atom. The minimum atomic E-state index is -0.664. The van der Waals surface area contributed by atoms with Gasteiger partial charge in [-0.2, -0.15) is 0 Å². The van der Waals surface area contributed by atoms with E-state index >= 15 is 0 Å². The first-order valence-electron chi connectivity index (χ1n) is 16.1. The maximum absolute atomic E-state index is 10.1. The Morgan fingerprint density at radius 1 is 0.757 bits per heavy atom. The molecule has 37 heavy (non-hydrogen) atoms. The molecule has 0 radical (unpaired) electrons. The first kappa shape index (κ1) is 34.9. The van der Waals surface area contributed by atoms with Crippen LogP contribution in [0.25, 0.3) is 0 Å². The highest BCUT2D eigenvalue weighted by Crippen LogP contribution is 2.44. The minimum Gasteiger partial charge on any atom is -0.390 e. The molecule has 0 bridgehead atoms. The van der Waals surface area contributed by atoms with E-state index in [9.17, 15) is 5.11 Å². The van der Waals surface area contributed by atoms with E-state index in [-0.39, 0.29) is 11.2 Å². The van der Waals surface area contributed by atoms with E-state index in [4.69, 9.17) is 9.47 Å². The molecule has 0 aliphatic heterocycles. The summed E-state index contributed by atoms with van der Waals surface area (Å²) in [5.41, 5.74) is -0.876. The molecular weight excluding hydrogens is 456 g/mol. The van der Waals surface area contributed by atoms with Crippen molar-refractivity contribution < 1.29 is 14.6 Å². The quantitative estimate of drug-likeness (QED) is 0.161. The third kappa shape index (κ3) is 17.2. The highest BCUT2D eigenvalue weighted by Gasteiger charge is 2.37. The Hall–Kier alpha value is -0.120. The van der Waals surface area contributed by atoms with Crippen LogP contribution < -0.4 is 0 Å². The monoisotopic (exact) mass is 525 g/mol. The van der Waals surface area contributed by atoms with Crippen molar-refractivity contribution in [2.75, 3.05) is 13.2 Å². The van der Waals surface area contributed by atoms with Crippen molar-refractivity contribution in [1.29, 1.82) is 0 Å². The summed E-state index contributed by atoms with van der Waals surface area (Å²) in [7, 11) is 0. The van der Waals surface area contributed by atoms with Gasteiger partial charge in [-0.25, -0.2) is 0 Å². The molecule has 0 aromatic carbocycles. The summed E-state index contributed by atoms with van der Waals surface area (Å²) in [5.74, 6) is 3.98. The zero-order chi connectivity index (χ0) is 28.1. The lowest BCUT2D eigenvalue weighted by atomic mass is 9.66. The van der Waals surface area contributed by atoms with Gasteiger partial charge in [-0.15, -0.1) is 0 Å². The van der Waals surface area contributed by atoms with Gasteiger partial charge in [-0.3, -0.25) is 0 Å². The third-order valence-corrected chi connectivity index (χ3v) is 8.74. The fourth-order valence-electron chi connectivity index (χ4n) is 6.43. The second kappa shape index (κ2) is 16.9. The number of hydrogen-bond donors (Lipinski definition) is 1. The molecule has 0 heterocycles. The molecule has 1 aliphatic rings. The van der Waals surface area contributed by atoms with Crippen LogP contribution in [0.3, 0.4) is 0 Å². The summed E-state index contributed by atoms with van der Waals surface area (Å²) in [6, 6.07) is 0. The van der Waals surface area contributed by atoms with E-state index in [0.29, 0.717) is 24.9 Å². The largest absolute Gasteiger partial charge is 0.390 e. The van der Waals surface area contributed by atoms with E-state index in [1.54, 1.807) is 0 Å². The second-order valence-corrected chi connectivity index (χ2v) is 15.1. The van der Waals surface area contributed by atoms with Crippen LogP contribution in [-0.2, 0) is 9.47 Å². The Balaban J connectivity index is 2.69. The van der Waals surface area contributed by atoms with Crippen molar-refractivity contribution in [3.63, 3.8) is 0 Å².